The predicted molar refractivity (Wildman–Crippen MR) is 27.9 cm³/mol. The maximum absolute atomic E-state index is 3.90. The second-order valence-electron chi connectivity index (χ2n) is 1.09. The van der Waals surface area contributed by atoms with Crippen LogP contribution in [0.3, 0.4) is 0 Å². The van der Waals surface area contributed by atoms with Crippen LogP contribution in [0.1, 0.15) is 0 Å². The third-order valence-corrected chi connectivity index (χ3v) is 1.73. The molecule has 0 saturated heterocycles. The zero-order valence-electron chi connectivity index (χ0n) is 3.84. The van der Waals surface area contributed by atoms with Gasteiger partial charge in [-0.25, -0.2) is 0 Å². The van der Waals surface area contributed by atoms with Crippen LogP contribution in [-0.2, 0) is 19.7 Å². The molecule has 0 aliphatic rings. The van der Waals surface area contributed by atoms with Crippen molar-refractivity contribution in [2.75, 3.05) is 0 Å². The van der Waals surface area contributed by atoms with Gasteiger partial charge in [0.1, 0.15) is 0 Å². The summed E-state index contributed by atoms with van der Waals surface area (Å²) in [7, 11) is 1.36. The minimum atomic E-state index is 0.742. The molecule has 1 rings (SSSR count). The summed E-state index contributed by atoms with van der Waals surface area (Å²) >= 11 is 3.17. The van der Waals surface area contributed by atoms with E-state index in [1.54, 1.807) is 18.5 Å². The molecule has 0 unspecified atom stereocenters. The number of aromatic nitrogens is 2. The van der Waals surface area contributed by atoms with Gasteiger partial charge in [-0.2, -0.15) is 0 Å². The Balaban J connectivity index is 2.83. The van der Waals surface area contributed by atoms with Crippen LogP contribution >= 0.6 is 9.23 Å². The predicted octanol–water partition coefficient (Wildman–Crippen LogP) is 1.03. The van der Waals surface area contributed by atoms with Crippen LogP contribution in [0.15, 0.2) is 23.6 Å². The van der Waals surface area contributed by atoms with E-state index in [4.69, 9.17) is 0 Å². The van der Waals surface area contributed by atoms with E-state index in [9.17, 15) is 0 Å². The summed E-state index contributed by atoms with van der Waals surface area (Å²) in [5.74, 6) is 0. The first kappa shape index (κ1) is 6.29. The van der Waals surface area contributed by atoms with E-state index in [0.29, 0.717) is 0 Å². The fourth-order valence-electron chi connectivity index (χ4n) is 0.317. The van der Waals surface area contributed by atoms with Crippen molar-refractivity contribution in [1.82, 2.24) is 9.97 Å². The third-order valence-electron chi connectivity index (χ3n) is 0.597. The van der Waals surface area contributed by atoms with Crippen molar-refractivity contribution in [1.29, 1.82) is 0 Å². The van der Waals surface area contributed by atoms with E-state index < -0.39 is 0 Å². The standard InChI is InChI=1S/C4H4N2S.Ag/c7-4-5-2-1-3-6-4;/h1-3H,(H,5,6,7);/q;+1/p-1. The molecule has 0 radical (unpaired) electrons. The fraction of sp³-hybridized carbons (Fsp3) is 0. The zero-order valence-corrected chi connectivity index (χ0v) is 6.13. The molecule has 2 nitrogen and oxygen atoms in total. The molecule has 46 valence electrons. The summed E-state index contributed by atoms with van der Waals surface area (Å²) in [6, 6.07) is 1.78. The zero-order chi connectivity index (χ0) is 5.82. The Kier molecular flexibility index (Phi) is 2.55. The van der Waals surface area contributed by atoms with E-state index in [-0.39, 0.29) is 0 Å². The van der Waals surface area contributed by atoms with E-state index in [1.165, 1.54) is 9.23 Å². The molecule has 1 aromatic rings. The minimum absolute atomic E-state index is 0.742. The maximum atomic E-state index is 3.90. The Morgan fingerprint density at radius 3 is 2.38 bits per heavy atom. The van der Waals surface area contributed by atoms with Crippen LogP contribution in [0.2, 0.25) is 0 Å². The van der Waals surface area contributed by atoms with Gasteiger partial charge in [0.25, 0.3) is 0 Å². The topological polar surface area (TPSA) is 25.8 Å². The van der Waals surface area contributed by atoms with E-state index in [2.05, 4.69) is 29.7 Å². The van der Waals surface area contributed by atoms with Crippen molar-refractivity contribution in [2.45, 2.75) is 5.16 Å². The normalized spacial score (nSPS) is 9.25. The van der Waals surface area contributed by atoms with Crippen molar-refractivity contribution >= 4 is 9.23 Å². The molecule has 1 heterocycles. The summed E-state index contributed by atoms with van der Waals surface area (Å²) < 4.78 is 0. The monoisotopic (exact) mass is 218 g/mol. The molecule has 1 aromatic heterocycles. The van der Waals surface area contributed by atoms with Crippen LogP contribution < -0.4 is 0 Å². The van der Waals surface area contributed by atoms with Crippen LogP contribution in [0, 0.1) is 0 Å². The molecule has 0 N–H and O–H groups in total. The van der Waals surface area contributed by atoms with E-state index >= 15 is 0 Å². The van der Waals surface area contributed by atoms with Crippen LogP contribution in [0.25, 0.3) is 0 Å². The van der Waals surface area contributed by atoms with Crippen LogP contribution in [0.5, 0.6) is 0 Å². The van der Waals surface area contributed by atoms with Crippen LogP contribution in [-0.4, -0.2) is 9.97 Å². The molecule has 0 aliphatic carbocycles. The van der Waals surface area contributed by atoms with Gasteiger partial charge in [-0.3, -0.25) is 0 Å². The number of hydrogen-bond acceptors (Lipinski definition) is 3. The molecule has 0 amide bonds. The van der Waals surface area contributed by atoms with Crippen molar-refractivity contribution in [3.8, 4) is 0 Å². The average molecular weight is 219 g/mol. The molecule has 0 spiro atoms. The molecule has 0 fully saturated rings. The Morgan fingerprint density at radius 1 is 1.38 bits per heavy atom. The molecule has 4 heteroatoms. The molecule has 0 bridgehead atoms. The number of hydrogen-bond donors (Lipinski definition) is 0. The summed E-state index contributed by atoms with van der Waals surface area (Å²) in [6.45, 7) is 0. The molecule has 0 aliphatic heterocycles. The van der Waals surface area contributed by atoms with Gasteiger partial charge in [-0.1, -0.05) is 0 Å². The Hall–Kier alpha value is 0.170. The van der Waals surface area contributed by atoms with Gasteiger partial charge in [0.05, 0.1) is 0 Å². The van der Waals surface area contributed by atoms with Crippen molar-refractivity contribution in [2.24, 2.45) is 0 Å². The summed E-state index contributed by atoms with van der Waals surface area (Å²) in [5.41, 5.74) is 0. The summed E-state index contributed by atoms with van der Waals surface area (Å²) in [5, 5.41) is 0.742. The Morgan fingerprint density at radius 2 is 2.00 bits per heavy atom. The number of nitrogens with zero attached hydrogens (tertiary/aromatic N) is 2. The molecular weight excluding hydrogens is 216 g/mol. The molecule has 8 heavy (non-hydrogen) atoms. The van der Waals surface area contributed by atoms with Gasteiger partial charge in [0, 0.05) is 0 Å². The van der Waals surface area contributed by atoms with Crippen molar-refractivity contribution < 1.29 is 19.7 Å². The summed E-state index contributed by atoms with van der Waals surface area (Å²) in [4.78, 5) is 7.80. The first-order chi connectivity index (χ1) is 3.93. The van der Waals surface area contributed by atoms with Gasteiger partial charge in [0.15, 0.2) is 0 Å². The summed E-state index contributed by atoms with van der Waals surface area (Å²) in [6.07, 6.45) is 3.41. The first-order valence-corrected chi connectivity index (χ1v) is 4.43. The van der Waals surface area contributed by atoms with Gasteiger partial charge < -0.3 is 0 Å². The van der Waals surface area contributed by atoms with E-state index in [0.717, 1.165) is 5.16 Å². The van der Waals surface area contributed by atoms with Gasteiger partial charge in [0.2, 0.25) is 0 Å². The van der Waals surface area contributed by atoms with Crippen molar-refractivity contribution in [3.63, 3.8) is 0 Å². The van der Waals surface area contributed by atoms with Gasteiger partial charge in [-0.05, 0) is 0 Å². The Labute approximate surface area is 62.6 Å². The van der Waals surface area contributed by atoms with E-state index in [1.807, 2.05) is 0 Å². The average Bonchev–Trinajstić information content (AvgIpc) is 1.90. The number of rotatable bonds is 1. The molecule has 0 atom stereocenters. The second kappa shape index (κ2) is 3.25. The fourth-order valence-corrected chi connectivity index (χ4v) is 0.971. The SMILES string of the molecule is [Ag][S]c1ncccn1. The molecule has 0 aromatic carbocycles. The first-order valence-electron chi connectivity index (χ1n) is 1.96. The van der Waals surface area contributed by atoms with Crippen LogP contribution in [0.4, 0.5) is 0 Å². The van der Waals surface area contributed by atoms with Gasteiger partial charge >= 0.3 is 62.6 Å². The van der Waals surface area contributed by atoms with Gasteiger partial charge in [-0.15, -0.1) is 0 Å². The molecule has 0 saturated carbocycles. The van der Waals surface area contributed by atoms with Crippen molar-refractivity contribution in [3.05, 3.63) is 18.5 Å². The Bertz CT molecular complexity index is 155. The quantitative estimate of drug-likeness (QED) is 0.521. The third kappa shape index (κ3) is 1.59. The second-order valence-corrected chi connectivity index (χ2v) is 2.49. The molecular formula is C4H3AgN2S.